The van der Waals surface area contributed by atoms with Crippen LogP contribution in [-0.2, 0) is 0 Å². The van der Waals surface area contributed by atoms with E-state index in [1.54, 1.807) is 7.11 Å². The number of nitrogens with one attached hydrogen (secondary N) is 1. The van der Waals surface area contributed by atoms with E-state index in [1.807, 2.05) is 19.1 Å². The molecule has 4 nitrogen and oxygen atoms in total. The van der Waals surface area contributed by atoms with Crippen molar-refractivity contribution in [2.75, 3.05) is 26.7 Å². The van der Waals surface area contributed by atoms with Gasteiger partial charge in [-0.25, -0.2) is 0 Å². The number of methoxy groups -OCH3 is 1. The number of hydrogen-bond acceptors (Lipinski definition) is 3. The van der Waals surface area contributed by atoms with Crippen molar-refractivity contribution in [1.29, 1.82) is 0 Å². The molecule has 1 amide bonds. The molecule has 0 bridgehead atoms. The second kappa shape index (κ2) is 9.96. The number of benzene rings is 1. The van der Waals surface area contributed by atoms with Crippen LogP contribution < -0.4 is 10.1 Å². The predicted octanol–water partition coefficient (Wildman–Crippen LogP) is 4.51. The molecule has 1 saturated heterocycles. The SMILES string of the molecule is CC[C@@H]1CCCCN1CCCNC(=O)c1cc(C(C)C)c(OC)cc1C. The summed E-state index contributed by atoms with van der Waals surface area (Å²) in [5.74, 6) is 1.21. The summed E-state index contributed by atoms with van der Waals surface area (Å²) in [6.45, 7) is 11.5. The Kier molecular flexibility index (Phi) is 7.95. The maximum Gasteiger partial charge on any atom is 0.251 e. The third-order valence-corrected chi connectivity index (χ3v) is 5.57. The number of ether oxygens (including phenoxy) is 1. The summed E-state index contributed by atoms with van der Waals surface area (Å²) < 4.78 is 5.47. The summed E-state index contributed by atoms with van der Waals surface area (Å²) in [4.78, 5) is 15.2. The molecule has 1 N–H and O–H groups in total. The molecule has 1 aliphatic rings. The summed E-state index contributed by atoms with van der Waals surface area (Å²) in [6, 6.07) is 4.70. The van der Waals surface area contributed by atoms with Gasteiger partial charge in [0.1, 0.15) is 5.75 Å². The Bertz CT molecular complexity index is 598. The predicted molar refractivity (Wildman–Crippen MR) is 108 cm³/mol. The van der Waals surface area contributed by atoms with Crippen LogP contribution in [0, 0.1) is 6.92 Å². The van der Waals surface area contributed by atoms with Crippen molar-refractivity contribution in [3.63, 3.8) is 0 Å². The van der Waals surface area contributed by atoms with Crippen LogP contribution >= 0.6 is 0 Å². The van der Waals surface area contributed by atoms with Crippen molar-refractivity contribution in [3.8, 4) is 5.75 Å². The molecule has 1 heterocycles. The minimum atomic E-state index is 0.0257. The van der Waals surface area contributed by atoms with Crippen LogP contribution in [-0.4, -0.2) is 43.6 Å². The molecule has 1 aromatic rings. The fourth-order valence-electron chi connectivity index (χ4n) is 3.97. The zero-order valence-electron chi connectivity index (χ0n) is 17.2. The fourth-order valence-corrected chi connectivity index (χ4v) is 3.97. The zero-order valence-corrected chi connectivity index (χ0v) is 17.2. The third kappa shape index (κ3) is 5.23. The molecule has 0 unspecified atom stereocenters. The molecule has 1 fully saturated rings. The van der Waals surface area contributed by atoms with E-state index in [1.165, 1.54) is 32.2 Å². The van der Waals surface area contributed by atoms with E-state index in [9.17, 15) is 4.79 Å². The first kappa shape index (κ1) is 20.8. The minimum absolute atomic E-state index is 0.0257. The minimum Gasteiger partial charge on any atom is -0.496 e. The van der Waals surface area contributed by atoms with Crippen molar-refractivity contribution in [2.45, 2.75) is 71.8 Å². The first-order chi connectivity index (χ1) is 12.5. The number of hydrogen-bond donors (Lipinski definition) is 1. The van der Waals surface area contributed by atoms with E-state index < -0.39 is 0 Å². The lowest BCUT2D eigenvalue weighted by atomic mass is 9.96. The van der Waals surface area contributed by atoms with E-state index in [0.29, 0.717) is 5.92 Å². The van der Waals surface area contributed by atoms with Gasteiger partial charge in [-0.1, -0.05) is 27.2 Å². The Labute approximate surface area is 159 Å². The molecular weight excluding hydrogens is 324 g/mol. The summed E-state index contributed by atoms with van der Waals surface area (Å²) >= 11 is 0. The van der Waals surface area contributed by atoms with Gasteiger partial charge in [-0.2, -0.15) is 0 Å². The first-order valence-electron chi connectivity index (χ1n) is 10.2. The van der Waals surface area contributed by atoms with Gasteiger partial charge in [-0.05, 0) is 68.3 Å². The van der Waals surface area contributed by atoms with Crippen molar-refractivity contribution < 1.29 is 9.53 Å². The van der Waals surface area contributed by atoms with Crippen LogP contribution in [0.25, 0.3) is 0 Å². The average Bonchev–Trinajstić information content (AvgIpc) is 2.64. The van der Waals surface area contributed by atoms with Crippen LogP contribution in [0.1, 0.15) is 80.3 Å². The molecule has 0 spiro atoms. The number of rotatable bonds is 8. The van der Waals surface area contributed by atoms with Gasteiger partial charge in [0.2, 0.25) is 0 Å². The lowest BCUT2D eigenvalue weighted by Crippen LogP contribution is -2.40. The number of nitrogens with zero attached hydrogens (tertiary/aromatic N) is 1. The molecule has 1 aliphatic heterocycles. The molecule has 0 aliphatic carbocycles. The highest BCUT2D eigenvalue weighted by atomic mass is 16.5. The lowest BCUT2D eigenvalue weighted by Gasteiger charge is -2.35. The van der Waals surface area contributed by atoms with Crippen LogP contribution in [0.3, 0.4) is 0 Å². The number of carbonyl (C=O) groups is 1. The van der Waals surface area contributed by atoms with Gasteiger partial charge in [0.05, 0.1) is 7.11 Å². The number of likely N-dealkylation sites (tertiary alicyclic amines) is 1. The highest BCUT2D eigenvalue weighted by Gasteiger charge is 2.20. The Morgan fingerprint density at radius 2 is 2.12 bits per heavy atom. The van der Waals surface area contributed by atoms with Crippen molar-refractivity contribution in [1.82, 2.24) is 10.2 Å². The maximum absolute atomic E-state index is 12.6. The van der Waals surface area contributed by atoms with E-state index in [-0.39, 0.29) is 5.91 Å². The highest BCUT2D eigenvalue weighted by Crippen LogP contribution is 2.29. The molecule has 0 radical (unpaired) electrons. The summed E-state index contributed by atoms with van der Waals surface area (Å²) in [7, 11) is 1.69. The fraction of sp³-hybridized carbons (Fsp3) is 0.682. The first-order valence-corrected chi connectivity index (χ1v) is 10.2. The lowest BCUT2D eigenvalue weighted by molar-refractivity contribution is 0.0946. The second-order valence-corrected chi connectivity index (χ2v) is 7.77. The highest BCUT2D eigenvalue weighted by molar-refractivity contribution is 5.96. The monoisotopic (exact) mass is 360 g/mol. The van der Waals surface area contributed by atoms with Crippen LogP contribution in [0.5, 0.6) is 5.75 Å². The average molecular weight is 361 g/mol. The number of piperidine rings is 1. The van der Waals surface area contributed by atoms with Crippen molar-refractivity contribution in [3.05, 3.63) is 28.8 Å². The Balaban J connectivity index is 1.90. The molecule has 0 saturated carbocycles. The van der Waals surface area contributed by atoms with E-state index in [4.69, 9.17) is 4.74 Å². The van der Waals surface area contributed by atoms with Crippen LogP contribution in [0.4, 0.5) is 0 Å². The largest absolute Gasteiger partial charge is 0.496 e. The van der Waals surface area contributed by atoms with Gasteiger partial charge in [0.15, 0.2) is 0 Å². The standard InChI is InChI=1S/C22H36N2O2/c1-6-18-10-7-8-12-24(18)13-9-11-23-22(25)20-15-19(16(2)3)21(26-5)14-17(20)4/h14-16,18H,6-13H2,1-5H3,(H,23,25)/t18-/m1/s1. The summed E-state index contributed by atoms with van der Waals surface area (Å²) in [5.41, 5.74) is 2.81. The molecule has 0 aromatic heterocycles. The van der Waals surface area contributed by atoms with E-state index in [2.05, 4.69) is 31.0 Å². The summed E-state index contributed by atoms with van der Waals surface area (Å²) in [5, 5.41) is 3.11. The molecule has 2 rings (SSSR count). The van der Waals surface area contributed by atoms with Crippen LogP contribution in [0.2, 0.25) is 0 Å². The smallest absolute Gasteiger partial charge is 0.251 e. The van der Waals surface area contributed by atoms with Gasteiger partial charge in [-0.15, -0.1) is 0 Å². The second-order valence-electron chi connectivity index (χ2n) is 7.77. The normalized spacial score (nSPS) is 18.2. The molecule has 4 heteroatoms. The molecule has 26 heavy (non-hydrogen) atoms. The summed E-state index contributed by atoms with van der Waals surface area (Å²) in [6.07, 6.45) is 6.24. The molecule has 1 aromatic carbocycles. The molecular formula is C22H36N2O2. The van der Waals surface area contributed by atoms with Crippen molar-refractivity contribution in [2.24, 2.45) is 0 Å². The number of aryl methyl sites for hydroxylation is 1. The van der Waals surface area contributed by atoms with Crippen molar-refractivity contribution >= 4 is 5.91 Å². The van der Waals surface area contributed by atoms with E-state index >= 15 is 0 Å². The van der Waals surface area contributed by atoms with Crippen LogP contribution in [0.15, 0.2) is 12.1 Å². The zero-order chi connectivity index (χ0) is 19.1. The quantitative estimate of drug-likeness (QED) is 0.694. The Morgan fingerprint density at radius 3 is 2.77 bits per heavy atom. The van der Waals surface area contributed by atoms with Gasteiger partial charge in [0.25, 0.3) is 5.91 Å². The molecule has 1 atom stereocenters. The van der Waals surface area contributed by atoms with Gasteiger partial charge in [0, 0.05) is 24.7 Å². The topological polar surface area (TPSA) is 41.6 Å². The molecule has 146 valence electrons. The Morgan fingerprint density at radius 1 is 1.35 bits per heavy atom. The number of carbonyl (C=O) groups excluding carboxylic acids is 1. The third-order valence-electron chi connectivity index (χ3n) is 5.57. The van der Waals surface area contributed by atoms with E-state index in [0.717, 1.165) is 48.0 Å². The Hall–Kier alpha value is -1.55. The maximum atomic E-state index is 12.6. The number of amides is 1. The van der Waals surface area contributed by atoms with Gasteiger partial charge >= 0.3 is 0 Å². The van der Waals surface area contributed by atoms with Gasteiger partial charge < -0.3 is 15.0 Å². The van der Waals surface area contributed by atoms with Gasteiger partial charge in [-0.3, -0.25) is 4.79 Å².